The fourth-order valence-electron chi connectivity index (χ4n) is 14.8. The lowest BCUT2D eigenvalue weighted by atomic mass is 9.55. The van der Waals surface area contributed by atoms with E-state index < -0.39 is 321 Å². The van der Waals surface area contributed by atoms with Gasteiger partial charge in [0, 0.05) is 54.1 Å². The number of rotatable bonds is 48. The van der Waals surface area contributed by atoms with Gasteiger partial charge >= 0.3 is 0 Å². The Morgan fingerprint density at radius 1 is 0.145 bits per heavy atom. The first kappa shape index (κ1) is 125. The van der Waals surface area contributed by atoms with E-state index in [1.54, 1.807) is 0 Å². The van der Waals surface area contributed by atoms with Gasteiger partial charge in [-0.25, -0.2) is 0 Å². The average Bonchev–Trinajstić information content (AvgIpc) is 0.817. The van der Waals surface area contributed by atoms with Gasteiger partial charge in [-0.3, -0.25) is 93.5 Å². The minimum atomic E-state index is -5.81. The van der Waals surface area contributed by atoms with Crippen LogP contribution in [0.2, 0.25) is 0 Å². The molecule has 0 spiro atoms. The molecule has 10 amide bonds. The zero-order chi connectivity index (χ0) is 106. The van der Waals surface area contributed by atoms with Crippen molar-refractivity contribution in [3.05, 3.63) is 0 Å². The van der Waals surface area contributed by atoms with E-state index in [-0.39, 0.29) is 0 Å². The summed E-state index contributed by atoms with van der Waals surface area (Å²) >= 11 is 0. The zero-order valence-corrected chi connectivity index (χ0v) is 87.3. The van der Waals surface area contributed by atoms with Crippen LogP contribution in [0.25, 0.3) is 0 Å². The molecule has 60 heteroatoms. The van der Waals surface area contributed by atoms with Crippen molar-refractivity contribution in [3.8, 4) is 0 Å². The van der Waals surface area contributed by atoms with Crippen molar-refractivity contribution < 1.29 is 178 Å². The van der Waals surface area contributed by atoms with Crippen LogP contribution in [-0.4, -0.2) is 237 Å². The van der Waals surface area contributed by atoms with Crippen molar-refractivity contribution in [1.29, 1.82) is 0 Å². The number of nitrogens with one attached hydrogen (secondary N) is 10. The Labute approximate surface area is 768 Å². The Hall–Kier alpha value is -6.20. The number of carbonyl (C=O) groups is 10. The third kappa shape index (κ3) is 29.9. The normalized spacial score (nSPS) is 18.2. The van der Waals surface area contributed by atoms with Gasteiger partial charge in [-0.05, 0) is 196 Å². The Morgan fingerprint density at radius 2 is 0.214 bits per heavy atom. The molecule has 50 nitrogen and oxygen atoms in total. The Kier molecular flexibility index (Phi) is 35.8. The SMILES string of the molecule is CC(C)(CC(C)(CC(C)(CC(C)(CC(C)(CC(C)(CC(C)(CC(C)(CC(C)(CC(C)(C)C(=O)NC(C)(C)S(=O)(=O)O)C(=O)NC(C)(C)S(=O)(=O)O)C(=O)NC(C)(C)S(=O)(=O)O)C(=O)NC(C)(C)S(=O)(=O)O)C(=O)NC(C)(C)S(=O)(=O)O)C(=O)NC(C)(C)S(=O)(=O)O)C(=O)NC(C)(C)S(=O)(=O)O)C(=O)NC(C)(C)S(=O)(=O)O)C(=O)NC(C)(C)S(=O)(=O)O)C(=O)NC(C)(C)S(=O)(=O)O. The van der Waals surface area contributed by atoms with Crippen molar-refractivity contribution in [1.82, 2.24) is 53.2 Å². The van der Waals surface area contributed by atoms with Crippen LogP contribution >= 0.6 is 0 Å². The second-order valence-electron chi connectivity index (χ2n) is 42.2. The maximum Gasteiger partial charge on any atom is 0.288 e. The molecule has 131 heavy (non-hydrogen) atoms. The molecular weight excluding hydrogens is 1950 g/mol. The number of amides is 10. The van der Waals surface area contributed by atoms with Crippen molar-refractivity contribution in [2.24, 2.45) is 54.1 Å². The van der Waals surface area contributed by atoms with Crippen LogP contribution in [-0.2, 0) is 149 Å². The van der Waals surface area contributed by atoms with Crippen LogP contribution in [0, 0.1) is 54.1 Å². The van der Waals surface area contributed by atoms with E-state index in [4.69, 9.17) is 0 Å². The van der Waals surface area contributed by atoms with Gasteiger partial charge in [-0.15, -0.1) is 0 Å². The van der Waals surface area contributed by atoms with Crippen molar-refractivity contribution in [2.45, 2.75) is 328 Å². The molecule has 0 fully saturated rings. The summed E-state index contributed by atoms with van der Waals surface area (Å²) in [5.74, 6) is -17.7. The molecule has 0 rings (SSSR count). The van der Waals surface area contributed by atoms with E-state index in [9.17, 15) is 139 Å². The van der Waals surface area contributed by atoms with Gasteiger partial charge in [0.1, 0.15) is 0 Å². The molecule has 0 aliphatic rings. The average molecular weight is 2090 g/mol. The van der Waals surface area contributed by atoms with Gasteiger partial charge < -0.3 is 53.2 Å². The van der Waals surface area contributed by atoms with Crippen LogP contribution < -0.4 is 53.2 Å². The highest BCUT2D eigenvalue weighted by atomic mass is 32.3. The molecule has 0 aromatic rings. The second kappa shape index (κ2) is 37.6. The molecule has 0 bridgehead atoms. The van der Waals surface area contributed by atoms with Gasteiger partial charge in [-0.2, -0.15) is 84.2 Å². The van der Waals surface area contributed by atoms with E-state index in [0.717, 1.165) is 83.1 Å². The molecule has 0 saturated carbocycles. The van der Waals surface area contributed by atoms with Crippen molar-refractivity contribution in [3.63, 3.8) is 0 Å². The van der Waals surface area contributed by atoms with E-state index in [0.29, 0.717) is 138 Å². The smallest absolute Gasteiger partial charge is 0.288 e. The minimum Gasteiger partial charge on any atom is -0.335 e. The Bertz CT molecular complexity index is 5410. The predicted octanol–water partition coefficient (Wildman–Crippen LogP) is 2.00. The zero-order valence-electron chi connectivity index (χ0n) is 79.2. The van der Waals surface area contributed by atoms with Gasteiger partial charge in [0.05, 0.1) is 0 Å². The highest BCUT2D eigenvalue weighted by Gasteiger charge is 2.63. The number of hydrogen-bond acceptors (Lipinski definition) is 30. The molecule has 0 aliphatic carbocycles. The summed E-state index contributed by atoms with van der Waals surface area (Å²) in [6.07, 6.45) is -14.0. The summed E-state index contributed by atoms with van der Waals surface area (Å²) in [6, 6.07) is 0. The molecule has 8 atom stereocenters. The summed E-state index contributed by atoms with van der Waals surface area (Å²) in [5.41, 5.74) is -30.1. The van der Waals surface area contributed by atoms with Gasteiger partial charge in [-0.1, -0.05) is 83.1 Å². The fourth-order valence-corrected chi connectivity index (χ4v) is 17.1. The highest BCUT2D eigenvalue weighted by Crippen LogP contribution is 2.57. The minimum absolute atomic E-state index is 0.555. The summed E-state index contributed by atoms with van der Waals surface area (Å²) in [6.45, 7) is 22.2. The lowest BCUT2D eigenvalue weighted by molar-refractivity contribution is -0.150. The van der Waals surface area contributed by atoms with Crippen molar-refractivity contribution in [2.75, 3.05) is 0 Å². The predicted molar refractivity (Wildman–Crippen MR) is 472 cm³/mol. The molecule has 0 aromatic heterocycles. The number of hydrogen-bond donors (Lipinski definition) is 20. The van der Waals surface area contributed by atoms with E-state index in [1.807, 2.05) is 53.2 Å². The highest BCUT2D eigenvalue weighted by molar-refractivity contribution is 7.89. The van der Waals surface area contributed by atoms with E-state index >= 15 is 38.4 Å². The topological polar surface area (TPSA) is 835 Å². The monoisotopic (exact) mass is 2090 g/mol. The van der Waals surface area contributed by atoms with Gasteiger partial charge in [0.25, 0.3) is 101 Å². The first-order chi connectivity index (χ1) is 56.1. The Balaban J connectivity index is 11.8. The third-order valence-corrected chi connectivity index (χ3v) is 37.3. The molecule has 768 valence electrons. The molecule has 0 radical (unpaired) electrons. The molecule has 20 N–H and O–H groups in total. The van der Waals surface area contributed by atoms with Crippen LogP contribution in [0.4, 0.5) is 0 Å². The Morgan fingerprint density at radius 3 is 0.290 bits per heavy atom. The third-order valence-electron chi connectivity index (χ3n) is 23.3. The van der Waals surface area contributed by atoms with Crippen LogP contribution in [0.5, 0.6) is 0 Å². The van der Waals surface area contributed by atoms with Crippen LogP contribution in [0.15, 0.2) is 0 Å². The lowest BCUT2D eigenvalue weighted by Crippen LogP contribution is -2.62. The first-order valence-corrected chi connectivity index (χ1v) is 53.5. The quantitative estimate of drug-likeness (QED) is 0.0387. The molecule has 0 saturated heterocycles. The molecule has 0 aromatic carbocycles. The summed E-state index contributed by atoms with van der Waals surface area (Å²) in [4.78, 5) is 128. The molecular formula is C71H134N10O40S10. The van der Waals surface area contributed by atoms with Crippen molar-refractivity contribution >= 4 is 160 Å². The van der Waals surface area contributed by atoms with Gasteiger partial charge in [0.2, 0.25) is 59.1 Å². The van der Waals surface area contributed by atoms with Gasteiger partial charge in [0.15, 0.2) is 48.7 Å². The number of carbonyl (C=O) groups excluding carboxylic acids is 10. The standard InChI is InChI=1S/C71H134N10O40S10/c1-52(2,42(82)72-54(5,6)122(92,93)94)33-64(25,44(84)74-56(9,10)124(98,99)100)35-66(27,46(86)76-58(13,14)126(104,105)106)37-68(29,48(88)78-60(17,18)128(110,111)112)39-70(31,50(90)80-62(21,22)130(116,117)118)41-71(32,51(91)81-63(23,24)131(119,120)121)40-69(30,49(89)79-61(19,20)129(113,114)115)38-67(28,47(87)77-59(15,16)127(107,108)109)36-65(26,45(85)75-57(11,12)125(101,102)103)34-53(3,4)43(83)73-55(7,8)123(95,96)97/h33-41H2,1-32H3,(H,72,82)(H,73,83)(H,74,84)(H,75,85)(H,76,86)(H,77,87)(H,78,88)(H,79,89)(H,80,90)(H,81,91)(H,92,93,94)(H,95,96,97)(H,98,99,100)(H,101,102,103)(H,104,105,106)(H,107,108,109)(H,110,111,112)(H,113,114,115)(H,116,117,118)(H,119,120,121). The first-order valence-electron chi connectivity index (χ1n) is 39.1. The lowest BCUT2D eigenvalue weighted by Gasteiger charge is -2.50. The molecule has 0 aliphatic heterocycles. The maximum atomic E-state index is 16.5. The molecule has 8 unspecified atom stereocenters. The summed E-state index contributed by atoms with van der Waals surface area (Å²) in [5, 5.41) is 19.9. The van der Waals surface area contributed by atoms with E-state index in [1.165, 1.54) is 0 Å². The largest absolute Gasteiger partial charge is 0.335 e. The summed E-state index contributed by atoms with van der Waals surface area (Å²) in [7, 11) is -56.3. The fraction of sp³-hybridized carbons (Fsp3) is 0.859. The van der Waals surface area contributed by atoms with Crippen LogP contribution in [0.3, 0.4) is 0 Å². The summed E-state index contributed by atoms with van der Waals surface area (Å²) < 4.78 is 371. The van der Waals surface area contributed by atoms with Crippen LogP contribution in [0.1, 0.15) is 279 Å². The second-order valence-corrected chi connectivity index (χ2v) is 61.9. The molecule has 0 heterocycles. The maximum absolute atomic E-state index is 16.5. The van der Waals surface area contributed by atoms with E-state index in [2.05, 4.69) is 0 Å².